The van der Waals surface area contributed by atoms with Gasteiger partial charge in [-0.05, 0) is 32.1 Å². The van der Waals surface area contributed by atoms with E-state index in [4.69, 9.17) is 9.84 Å². The minimum Gasteiger partial charge on any atom is -0.396 e. The van der Waals surface area contributed by atoms with E-state index in [2.05, 4.69) is 5.32 Å². The highest BCUT2D eigenvalue weighted by Crippen LogP contribution is 2.20. The summed E-state index contributed by atoms with van der Waals surface area (Å²) in [6.07, 6.45) is 2.22. The molecule has 88 valence electrons. The highest BCUT2D eigenvalue weighted by Gasteiger charge is 2.31. The van der Waals surface area contributed by atoms with Crippen LogP contribution in [0.2, 0.25) is 0 Å². The molecule has 1 amide bonds. The maximum Gasteiger partial charge on any atom is 0.249 e. The van der Waals surface area contributed by atoms with E-state index in [1.165, 1.54) is 0 Å². The van der Waals surface area contributed by atoms with Crippen molar-refractivity contribution in [3.8, 4) is 0 Å². The number of nitrogens with one attached hydrogen (secondary N) is 1. The Morgan fingerprint density at radius 3 is 2.93 bits per heavy atom. The van der Waals surface area contributed by atoms with Crippen LogP contribution in [0.5, 0.6) is 0 Å². The second-order valence-electron chi connectivity index (χ2n) is 4.33. The summed E-state index contributed by atoms with van der Waals surface area (Å²) in [6, 6.07) is 0.112. The standard InChI is InChI=1S/C11H21NO3/c1-8-5-7-15-10(8)11(14)12-9(2)4-3-6-13/h8-10,13H,3-7H2,1-2H3,(H,12,14). The molecule has 1 aliphatic rings. The van der Waals surface area contributed by atoms with Gasteiger partial charge >= 0.3 is 0 Å². The topological polar surface area (TPSA) is 58.6 Å². The fourth-order valence-corrected chi connectivity index (χ4v) is 1.83. The van der Waals surface area contributed by atoms with Crippen molar-refractivity contribution in [2.45, 2.75) is 45.3 Å². The average Bonchev–Trinajstić information content (AvgIpc) is 2.61. The first-order valence-corrected chi connectivity index (χ1v) is 5.68. The van der Waals surface area contributed by atoms with Crippen molar-refractivity contribution in [1.82, 2.24) is 5.32 Å². The molecule has 1 rings (SSSR count). The van der Waals surface area contributed by atoms with E-state index in [-0.39, 0.29) is 24.7 Å². The van der Waals surface area contributed by atoms with Crippen molar-refractivity contribution >= 4 is 5.91 Å². The molecule has 1 aliphatic heterocycles. The molecule has 1 fully saturated rings. The molecule has 3 atom stereocenters. The molecule has 4 heteroatoms. The summed E-state index contributed by atoms with van der Waals surface area (Å²) in [5.41, 5.74) is 0. The van der Waals surface area contributed by atoms with Crippen LogP contribution >= 0.6 is 0 Å². The first-order chi connectivity index (χ1) is 7.15. The van der Waals surface area contributed by atoms with Crippen LogP contribution in [0.1, 0.15) is 33.1 Å². The van der Waals surface area contributed by atoms with Gasteiger partial charge in [0, 0.05) is 19.3 Å². The quantitative estimate of drug-likeness (QED) is 0.709. The molecule has 0 aromatic carbocycles. The Morgan fingerprint density at radius 1 is 1.67 bits per heavy atom. The summed E-state index contributed by atoms with van der Waals surface area (Å²) in [4.78, 5) is 11.7. The van der Waals surface area contributed by atoms with Crippen molar-refractivity contribution in [1.29, 1.82) is 0 Å². The largest absolute Gasteiger partial charge is 0.396 e. The molecule has 0 bridgehead atoms. The van der Waals surface area contributed by atoms with Crippen molar-refractivity contribution in [3.05, 3.63) is 0 Å². The summed E-state index contributed by atoms with van der Waals surface area (Å²) in [6.45, 7) is 4.85. The Bertz CT molecular complexity index is 208. The zero-order valence-electron chi connectivity index (χ0n) is 9.53. The first-order valence-electron chi connectivity index (χ1n) is 5.68. The molecule has 15 heavy (non-hydrogen) atoms. The number of hydrogen-bond donors (Lipinski definition) is 2. The first kappa shape index (κ1) is 12.5. The summed E-state index contributed by atoms with van der Waals surface area (Å²) in [7, 11) is 0. The van der Waals surface area contributed by atoms with Gasteiger partial charge in [0.2, 0.25) is 5.91 Å². The van der Waals surface area contributed by atoms with Crippen molar-refractivity contribution in [3.63, 3.8) is 0 Å². The second kappa shape index (κ2) is 6.08. The van der Waals surface area contributed by atoms with E-state index in [0.717, 1.165) is 19.3 Å². The van der Waals surface area contributed by atoms with Gasteiger partial charge in [0.25, 0.3) is 0 Å². The third-order valence-corrected chi connectivity index (χ3v) is 2.83. The van der Waals surface area contributed by atoms with Crippen LogP contribution in [0.3, 0.4) is 0 Å². The van der Waals surface area contributed by atoms with Crippen LogP contribution < -0.4 is 5.32 Å². The molecule has 4 nitrogen and oxygen atoms in total. The molecule has 1 heterocycles. The smallest absolute Gasteiger partial charge is 0.249 e. The molecule has 0 radical (unpaired) electrons. The number of amides is 1. The monoisotopic (exact) mass is 215 g/mol. The SMILES string of the molecule is CC(CCCO)NC(=O)C1OCCC1C. The summed E-state index contributed by atoms with van der Waals surface area (Å²) >= 11 is 0. The Balaban J connectivity index is 2.28. The van der Waals surface area contributed by atoms with Gasteiger partial charge < -0.3 is 15.2 Å². The summed E-state index contributed by atoms with van der Waals surface area (Å²) in [5.74, 6) is 0.306. The lowest BCUT2D eigenvalue weighted by atomic mass is 10.0. The Kier molecular flexibility index (Phi) is 5.05. The van der Waals surface area contributed by atoms with Gasteiger partial charge in [-0.25, -0.2) is 0 Å². The van der Waals surface area contributed by atoms with E-state index >= 15 is 0 Å². The predicted octanol–water partition coefficient (Wildman–Crippen LogP) is 0.689. The number of rotatable bonds is 5. The van der Waals surface area contributed by atoms with E-state index in [0.29, 0.717) is 12.5 Å². The van der Waals surface area contributed by atoms with Crippen LogP contribution in [0.15, 0.2) is 0 Å². The molecular weight excluding hydrogens is 194 g/mol. The zero-order chi connectivity index (χ0) is 11.3. The second-order valence-corrected chi connectivity index (χ2v) is 4.33. The lowest BCUT2D eigenvalue weighted by molar-refractivity contribution is -0.132. The van der Waals surface area contributed by atoms with Crippen molar-refractivity contribution < 1.29 is 14.6 Å². The van der Waals surface area contributed by atoms with Gasteiger partial charge in [0.05, 0.1) is 0 Å². The molecule has 0 saturated carbocycles. The third-order valence-electron chi connectivity index (χ3n) is 2.83. The summed E-state index contributed by atoms with van der Waals surface area (Å²) < 4.78 is 5.37. The molecule has 1 saturated heterocycles. The number of ether oxygens (including phenoxy) is 1. The van der Waals surface area contributed by atoms with Crippen molar-refractivity contribution in [2.75, 3.05) is 13.2 Å². The third kappa shape index (κ3) is 3.80. The van der Waals surface area contributed by atoms with Crippen LogP contribution in [-0.2, 0) is 9.53 Å². The van der Waals surface area contributed by atoms with E-state index in [1.807, 2.05) is 13.8 Å². The number of carbonyl (C=O) groups excluding carboxylic acids is 1. The molecule has 0 spiro atoms. The summed E-state index contributed by atoms with van der Waals surface area (Å²) in [5, 5.41) is 11.6. The normalized spacial score (nSPS) is 27.7. The number of hydrogen-bond acceptors (Lipinski definition) is 3. The minimum atomic E-state index is -0.276. The fraction of sp³-hybridized carbons (Fsp3) is 0.909. The van der Waals surface area contributed by atoms with Gasteiger partial charge in [-0.1, -0.05) is 6.92 Å². The molecule has 3 unspecified atom stereocenters. The number of aliphatic hydroxyl groups excluding tert-OH is 1. The number of carbonyl (C=O) groups is 1. The van der Waals surface area contributed by atoms with Gasteiger partial charge in [-0.2, -0.15) is 0 Å². The van der Waals surface area contributed by atoms with Crippen LogP contribution in [0.4, 0.5) is 0 Å². The molecular formula is C11H21NO3. The molecule has 0 aliphatic carbocycles. The molecule has 0 aromatic rings. The van der Waals surface area contributed by atoms with E-state index in [1.54, 1.807) is 0 Å². The highest BCUT2D eigenvalue weighted by molar-refractivity contribution is 5.81. The predicted molar refractivity (Wildman–Crippen MR) is 57.4 cm³/mol. The Morgan fingerprint density at radius 2 is 2.40 bits per heavy atom. The zero-order valence-corrected chi connectivity index (χ0v) is 9.53. The number of aliphatic hydroxyl groups is 1. The highest BCUT2D eigenvalue weighted by atomic mass is 16.5. The Labute approximate surface area is 91.0 Å². The van der Waals surface area contributed by atoms with Gasteiger partial charge in [-0.15, -0.1) is 0 Å². The lowest BCUT2D eigenvalue weighted by Gasteiger charge is -2.18. The lowest BCUT2D eigenvalue weighted by Crippen LogP contribution is -2.41. The van der Waals surface area contributed by atoms with Crippen LogP contribution in [-0.4, -0.2) is 36.4 Å². The maximum absolute atomic E-state index is 11.7. The molecule has 0 aromatic heterocycles. The van der Waals surface area contributed by atoms with Crippen LogP contribution in [0, 0.1) is 5.92 Å². The fourth-order valence-electron chi connectivity index (χ4n) is 1.83. The van der Waals surface area contributed by atoms with Gasteiger partial charge in [0.15, 0.2) is 0 Å². The maximum atomic E-state index is 11.7. The van der Waals surface area contributed by atoms with Crippen LogP contribution in [0.25, 0.3) is 0 Å². The van der Waals surface area contributed by atoms with E-state index in [9.17, 15) is 4.79 Å². The molecule has 2 N–H and O–H groups in total. The van der Waals surface area contributed by atoms with Gasteiger partial charge in [-0.3, -0.25) is 4.79 Å². The van der Waals surface area contributed by atoms with E-state index < -0.39 is 0 Å². The van der Waals surface area contributed by atoms with Gasteiger partial charge in [0.1, 0.15) is 6.10 Å². The van der Waals surface area contributed by atoms with Crippen molar-refractivity contribution in [2.24, 2.45) is 5.92 Å². The Hall–Kier alpha value is -0.610. The minimum absolute atomic E-state index is 0.00885. The average molecular weight is 215 g/mol.